The molecule has 206 valence electrons. The fourth-order valence-corrected chi connectivity index (χ4v) is 6.22. The molecule has 0 bridgehead atoms. The van der Waals surface area contributed by atoms with Crippen molar-refractivity contribution >= 4 is 17.7 Å². The minimum atomic E-state index is -4.86. The van der Waals surface area contributed by atoms with E-state index in [9.17, 15) is 37.1 Å². The third-order valence-corrected chi connectivity index (χ3v) is 8.00. The van der Waals surface area contributed by atoms with Gasteiger partial charge in [0.1, 0.15) is 11.7 Å². The summed E-state index contributed by atoms with van der Waals surface area (Å²) in [7, 11) is 0. The number of amides is 1. The Morgan fingerprint density at radius 2 is 1.73 bits per heavy atom. The van der Waals surface area contributed by atoms with Gasteiger partial charge in [-0.05, 0) is 65.4 Å². The van der Waals surface area contributed by atoms with Crippen LogP contribution in [0.4, 0.5) is 17.6 Å². The van der Waals surface area contributed by atoms with Crippen LogP contribution in [-0.4, -0.2) is 33.2 Å². The molecule has 1 atom stereocenters. The van der Waals surface area contributed by atoms with E-state index in [0.29, 0.717) is 54.0 Å². The first-order valence-electron chi connectivity index (χ1n) is 12.8. The van der Waals surface area contributed by atoms with Gasteiger partial charge in [0.15, 0.2) is 5.78 Å². The minimum absolute atomic E-state index is 0.131. The number of allylic oxidation sites excluding steroid dienone is 1. The molecule has 1 amide bonds. The van der Waals surface area contributed by atoms with Gasteiger partial charge in [0.2, 0.25) is 0 Å². The van der Waals surface area contributed by atoms with Crippen molar-refractivity contribution in [2.45, 2.75) is 49.9 Å². The zero-order valence-corrected chi connectivity index (χ0v) is 21.3. The molecule has 1 N–H and O–H groups in total. The van der Waals surface area contributed by atoms with Gasteiger partial charge in [-0.1, -0.05) is 55.8 Å². The largest absolute Gasteiger partial charge is 0.481 e. The summed E-state index contributed by atoms with van der Waals surface area (Å²) < 4.78 is 53.7. The van der Waals surface area contributed by atoms with Crippen LogP contribution in [0.3, 0.4) is 0 Å². The number of hydrogen-bond acceptors (Lipinski definition) is 3. The van der Waals surface area contributed by atoms with E-state index >= 15 is 0 Å². The van der Waals surface area contributed by atoms with Crippen molar-refractivity contribution in [1.82, 2.24) is 4.90 Å². The lowest BCUT2D eigenvalue weighted by molar-refractivity contribution is -0.143. The molecular weight excluding hydrogens is 526 g/mol. The molecule has 2 aliphatic rings. The number of aliphatic carboxylic acids is 1. The number of benzene rings is 3. The summed E-state index contributed by atoms with van der Waals surface area (Å²) in [6.07, 6.45) is -1.63. The van der Waals surface area contributed by atoms with Crippen LogP contribution >= 0.6 is 0 Å². The number of halogens is 4. The van der Waals surface area contributed by atoms with Gasteiger partial charge >= 0.3 is 12.1 Å². The maximum absolute atomic E-state index is 14.4. The molecule has 1 fully saturated rings. The van der Waals surface area contributed by atoms with Gasteiger partial charge < -0.3 is 10.0 Å². The lowest BCUT2D eigenvalue weighted by atomic mass is 9.70. The molecule has 1 aliphatic heterocycles. The number of nitrogens with zero attached hydrogens (tertiary/aromatic N) is 1. The summed E-state index contributed by atoms with van der Waals surface area (Å²) >= 11 is 0. The highest BCUT2D eigenvalue weighted by Gasteiger charge is 2.56. The van der Waals surface area contributed by atoms with E-state index in [1.54, 1.807) is 36.4 Å². The van der Waals surface area contributed by atoms with Crippen LogP contribution in [0.1, 0.15) is 69.0 Å². The minimum Gasteiger partial charge on any atom is -0.481 e. The van der Waals surface area contributed by atoms with E-state index < -0.39 is 40.9 Å². The number of hydrogen-bond donors (Lipinski definition) is 1. The van der Waals surface area contributed by atoms with Crippen molar-refractivity contribution in [1.29, 1.82) is 0 Å². The van der Waals surface area contributed by atoms with Gasteiger partial charge in [-0.15, -0.1) is 0 Å². The predicted octanol–water partition coefficient (Wildman–Crippen LogP) is 7.02. The lowest BCUT2D eigenvalue weighted by Crippen LogP contribution is -2.58. The molecule has 5 rings (SSSR count). The summed E-state index contributed by atoms with van der Waals surface area (Å²) in [4.78, 5) is 40.7. The quantitative estimate of drug-likeness (QED) is 0.203. The van der Waals surface area contributed by atoms with Crippen LogP contribution in [0.25, 0.3) is 11.1 Å². The third kappa shape index (κ3) is 4.49. The first kappa shape index (κ1) is 27.3. The third-order valence-electron chi connectivity index (χ3n) is 8.00. The number of fused-ring (bicyclic) bond motifs is 1. The van der Waals surface area contributed by atoms with Crippen LogP contribution in [0.15, 0.2) is 73.3 Å². The van der Waals surface area contributed by atoms with Gasteiger partial charge in [0, 0.05) is 17.7 Å². The Balaban J connectivity index is 1.63. The fourth-order valence-electron chi connectivity index (χ4n) is 6.22. The fraction of sp³-hybridized carbons (Fsp3) is 0.258. The molecule has 1 saturated carbocycles. The van der Waals surface area contributed by atoms with Gasteiger partial charge in [0.25, 0.3) is 5.91 Å². The summed E-state index contributed by atoms with van der Waals surface area (Å²) in [5.74, 6) is -4.52. The number of carboxylic acid groups (broad SMARTS) is 1. The number of carboxylic acids is 1. The molecule has 40 heavy (non-hydrogen) atoms. The smallest absolute Gasteiger partial charge is 0.419 e. The Morgan fingerprint density at radius 3 is 2.35 bits per heavy atom. The molecule has 1 unspecified atom stereocenters. The van der Waals surface area contributed by atoms with Gasteiger partial charge in [-0.25, -0.2) is 4.39 Å². The molecule has 3 aromatic carbocycles. The highest BCUT2D eigenvalue weighted by Crippen LogP contribution is 2.51. The monoisotopic (exact) mass is 551 g/mol. The zero-order valence-electron chi connectivity index (χ0n) is 21.3. The molecule has 3 aromatic rings. The Hall–Kier alpha value is -4.27. The molecule has 0 saturated heterocycles. The van der Waals surface area contributed by atoms with Crippen molar-refractivity contribution < 1.29 is 37.1 Å². The molecule has 5 nitrogen and oxygen atoms in total. The maximum atomic E-state index is 14.4. The van der Waals surface area contributed by atoms with E-state index in [0.717, 1.165) is 12.1 Å². The number of alkyl halides is 3. The summed E-state index contributed by atoms with van der Waals surface area (Å²) in [6.45, 7) is 3.30. The normalized spacial score (nSPS) is 18.1. The summed E-state index contributed by atoms with van der Waals surface area (Å²) in [5, 5.41) is 10.5. The number of ketones is 1. The molecule has 0 radical (unpaired) electrons. The first-order chi connectivity index (χ1) is 19.0. The molecule has 9 heteroatoms. The van der Waals surface area contributed by atoms with E-state index in [-0.39, 0.29) is 23.5 Å². The van der Waals surface area contributed by atoms with Gasteiger partial charge in [0.05, 0.1) is 11.1 Å². The summed E-state index contributed by atoms with van der Waals surface area (Å²) in [6, 6.07) is 14.1. The van der Waals surface area contributed by atoms with Crippen molar-refractivity contribution in [3.8, 4) is 11.1 Å². The Bertz CT molecular complexity index is 1540. The van der Waals surface area contributed by atoms with Gasteiger partial charge in [-0.2, -0.15) is 13.2 Å². The SMILES string of the molecule is C=CC(=O)c1ccccc1-c1ccc2c(c1)C(C(=O)O)C1(CCCC1)N(Cc1ccc(C(F)(F)F)c(F)c1)C2=O. The molecule has 1 aliphatic carbocycles. The lowest BCUT2D eigenvalue weighted by Gasteiger charge is -2.49. The average molecular weight is 552 g/mol. The summed E-state index contributed by atoms with van der Waals surface area (Å²) in [5.41, 5.74) is -0.455. The van der Waals surface area contributed by atoms with Crippen molar-refractivity contribution in [3.05, 3.63) is 107 Å². The molecule has 0 aromatic heterocycles. The van der Waals surface area contributed by atoms with Crippen molar-refractivity contribution in [2.75, 3.05) is 0 Å². The highest BCUT2D eigenvalue weighted by atomic mass is 19.4. The van der Waals surface area contributed by atoms with Crippen LogP contribution in [-0.2, 0) is 17.5 Å². The van der Waals surface area contributed by atoms with Crippen LogP contribution in [0.5, 0.6) is 0 Å². The average Bonchev–Trinajstić information content (AvgIpc) is 3.39. The molecular formula is C31H25F4NO4. The Morgan fingerprint density at radius 1 is 1.02 bits per heavy atom. The highest BCUT2D eigenvalue weighted by molar-refractivity contribution is 6.09. The second-order valence-corrected chi connectivity index (χ2v) is 10.2. The molecule has 1 spiro atoms. The van der Waals surface area contributed by atoms with Crippen molar-refractivity contribution in [3.63, 3.8) is 0 Å². The topological polar surface area (TPSA) is 74.7 Å². The number of rotatable bonds is 6. The number of carbonyl (C=O) groups excluding carboxylic acids is 2. The van der Waals surface area contributed by atoms with E-state index in [4.69, 9.17) is 0 Å². The standard InChI is InChI=1S/C31H25F4NO4/c1-2-26(37)21-8-4-3-7-20(21)19-10-11-22-23(16-19)27(29(39)40)30(13-5-6-14-30)36(28(22)38)17-18-9-12-24(25(32)15-18)31(33,34)35/h2-4,7-12,15-16,27H,1,5-6,13-14,17H2,(H,39,40). The predicted molar refractivity (Wildman–Crippen MR) is 139 cm³/mol. The van der Waals surface area contributed by atoms with Crippen LogP contribution in [0.2, 0.25) is 0 Å². The Kier molecular flexibility index (Phi) is 6.85. The second-order valence-electron chi connectivity index (χ2n) is 10.2. The zero-order chi connectivity index (χ0) is 28.8. The van der Waals surface area contributed by atoms with E-state index in [1.807, 2.05) is 0 Å². The second kappa shape index (κ2) is 10.0. The van der Waals surface area contributed by atoms with E-state index in [1.165, 1.54) is 17.0 Å². The Labute approximate surface area is 227 Å². The van der Waals surface area contributed by atoms with Crippen molar-refractivity contribution in [2.24, 2.45) is 0 Å². The van der Waals surface area contributed by atoms with Gasteiger partial charge in [-0.3, -0.25) is 14.4 Å². The van der Waals surface area contributed by atoms with Crippen LogP contribution in [0, 0.1) is 5.82 Å². The van der Waals surface area contributed by atoms with Crippen LogP contribution < -0.4 is 0 Å². The number of carbonyl (C=O) groups is 3. The first-order valence-corrected chi connectivity index (χ1v) is 12.8. The van der Waals surface area contributed by atoms with E-state index in [2.05, 4.69) is 6.58 Å². The molecule has 1 heterocycles. The maximum Gasteiger partial charge on any atom is 0.419 e.